The Kier molecular flexibility index (Phi) is 9.92. The fourth-order valence-corrected chi connectivity index (χ4v) is 1.50. The molecule has 11 heteroatoms. The number of aliphatic carboxylic acids is 1. The Morgan fingerprint density at radius 1 is 1.17 bits per heavy atom. The number of carboxylic acid groups (broad SMARTS) is 1. The Hall–Kier alpha value is -0.790. The molecule has 6 nitrogen and oxygen atoms in total. The predicted octanol–water partition coefficient (Wildman–Crippen LogP) is 4.78. The van der Waals surface area contributed by atoms with E-state index in [1.54, 1.807) is 25.2 Å². The summed E-state index contributed by atoms with van der Waals surface area (Å²) in [6.07, 6.45) is 0. The minimum atomic E-state index is -2.17. The van der Waals surface area contributed by atoms with E-state index in [2.05, 4.69) is 5.48 Å². The molecule has 0 aromatic heterocycles. The number of hydrogen-bond acceptors (Lipinski definition) is 3. The molecule has 1 rings (SSSR count). The van der Waals surface area contributed by atoms with Gasteiger partial charge in [-0.3, -0.25) is 0 Å². The number of nitrogens with one attached hydrogen (secondary N) is 1. The molecule has 0 aliphatic carbocycles. The number of hydroxylamine groups is 1. The summed E-state index contributed by atoms with van der Waals surface area (Å²) in [7, 11) is 1.67. The van der Waals surface area contributed by atoms with Crippen LogP contribution >= 0.6 is 58.0 Å². The number of hydrogen-bond donors (Lipinski definition) is 2. The second kappa shape index (κ2) is 10.3. The van der Waals surface area contributed by atoms with Crippen LogP contribution in [-0.4, -0.2) is 38.9 Å². The number of benzene rings is 1. The van der Waals surface area contributed by atoms with Crippen LogP contribution in [0.3, 0.4) is 0 Å². The molecule has 0 saturated carbocycles. The van der Waals surface area contributed by atoms with E-state index in [1.165, 1.54) is 4.90 Å². The summed E-state index contributed by atoms with van der Waals surface area (Å²) in [5.41, 5.74) is 2.30. The first-order valence-corrected chi connectivity index (χ1v) is 8.19. The molecule has 0 unspecified atom stereocenters. The zero-order valence-electron chi connectivity index (χ0n) is 12.8. The van der Waals surface area contributed by atoms with Crippen LogP contribution in [0.2, 0.25) is 10.0 Å². The van der Waals surface area contributed by atoms with Gasteiger partial charge in [-0.05, 0) is 19.9 Å². The lowest BCUT2D eigenvalue weighted by Gasteiger charge is -2.21. The van der Waals surface area contributed by atoms with Crippen LogP contribution in [0.5, 0.6) is 5.75 Å². The Labute approximate surface area is 164 Å². The van der Waals surface area contributed by atoms with Crippen LogP contribution in [0.1, 0.15) is 13.8 Å². The molecule has 2 N–H and O–H groups in total. The van der Waals surface area contributed by atoms with Gasteiger partial charge in [0, 0.05) is 35.3 Å². The van der Waals surface area contributed by atoms with Crippen LogP contribution in [-0.2, 0) is 4.79 Å². The first-order chi connectivity index (χ1) is 10.8. The second-order valence-electron chi connectivity index (χ2n) is 4.62. The van der Waals surface area contributed by atoms with Gasteiger partial charge in [0.25, 0.3) is 3.79 Å². The first-order valence-electron chi connectivity index (χ1n) is 6.30. The van der Waals surface area contributed by atoms with E-state index in [9.17, 15) is 9.59 Å². The van der Waals surface area contributed by atoms with Crippen molar-refractivity contribution < 1.29 is 19.5 Å². The van der Waals surface area contributed by atoms with Gasteiger partial charge in [0.1, 0.15) is 0 Å². The lowest BCUT2D eigenvalue weighted by molar-refractivity contribution is -0.135. The van der Waals surface area contributed by atoms with Crippen molar-refractivity contribution in [1.29, 1.82) is 0 Å². The van der Waals surface area contributed by atoms with E-state index in [-0.39, 0.29) is 12.1 Å². The largest absolute Gasteiger partial charge is 0.478 e. The zero-order valence-corrected chi connectivity index (χ0v) is 16.6. The highest BCUT2D eigenvalue weighted by Gasteiger charge is 2.29. The van der Waals surface area contributed by atoms with Crippen LogP contribution in [0.15, 0.2) is 18.2 Å². The average Bonchev–Trinajstić information content (AvgIpc) is 2.42. The summed E-state index contributed by atoms with van der Waals surface area (Å²) in [4.78, 5) is 27.8. The average molecular weight is 441 g/mol. The van der Waals surface area contributed by atoms with Gasteiger partial charge in [-0.25, -0.2) is 9.59 Å². The van der Waals surface area contributed by atoms with E-state index in [0.29, 0.717) is 15.8 Å². The summed E-state index contributed by atoms with van der Waals surface area (Å²) in [6.45, 7) is 3.80. The van der Waals surface area contributed by atoms with Gasteiger partial charge in [0.2, 0.25) is 0 Å². The SMILES string of the molecule is CC(C)N(C)C(=O)NOc1cc(Cl)cc(Cl)c1.O=C(O)C(Cl)(Cl)Cl. The molecule has 0 aliphatic rings. The van der Waals surface area contributed by atoms with E-state index in [1.807, 2.05) is 13.8 Å². The summed E-state index contributed by atoms with van der Waals surface area (Å²) in [5, 5.41) is 8.74. The molecule has 0 radical (unpaired) electrons. The van der Waals surface area contributed by atoms with E-state index in [4.69, 9.17) is 67.9 Å². The smallest absolute Gasteiger partial charge is 0.356 e. The van der Waals surface area contributed by atoms with Gasteiger partial charge in [0.05, 0.1) is 0 Å². The Morgan fingerprint density at radius 2 is 1.58 bits per heavy atom. The molecule has 0 saturated heterocycles. The van der Waals surface area contributed by atoms with Crippen molar-refractivity contribution >= 4 is 70.0 Å². The molecule has 0 aliphatic heterocycles. The van der Waals surface area contributed by atoms with E-state index < -0.39 is 9.76 Å². The van der Waals surface area contributed by atoms with Crippen molar-refractivity contribution in [2.45, 2.75) is 23.7 Å². The van der Waals surface area contributed by atoms with E-state index >= 15 is 0 Å². The first kappa shape index (κ1) is 23.2. The number of urea groups is 1. The molecule has 1 aromatic carbocycles. The molecular weight excluding hydrogens is 425 g/mol. The zero-order chi connectivity index (χ0) is 19.1. The minimum Gasteiger partial charge on any atom is -0.478 e. The topological polar surface area (TPSA) is 78.9 Å². The number of carbonyl (C=O) groups is 2. The highest BCUT2D eigenvalue weighted by atomic mass is 35.6. The van der Waals surface area contributed by atoms with Crippen LogP contribution in [0, 0.1) is 0 Å². The molecule has 24 heavy (non-hydrogen) atoms. The molecule has 0 atom stereocenters. The minimum absolute atomic E-state index is 0.0848. The number of rotatable bonds is 3. The fraction of sp³-hybridized carbons (Fsp3) is 0.385. The van der Waals surface area contributed by atoms with Crippen molar-refractivity contribution in [3.05, 3.63) is 28.2 Å². The summed E-state index contributed by atoms with van der Waals surface area (Å²) >= 11 is 26.0. The fourth-order valence-electron chi connectivity index (χ4n) is 0.997. The van der Waals surface area contributed by atoms with Crippen molar-refractivity contribution in [1.82, 2.24) is 10.4 Å². The standard InChI is InChI=1S/C11H14Cl2N2O2.C2HCl3O2/c1-7(2)15(3)11(16)14-17-10-5-8(12)4-9(13)6-10;3-2(4,5)1(6)7/h4-7H,1-3H3,(H,14,16);(H,6,7). The second-order valence-corrected chi connectivity index (χ2v) is 7.78. The third kappa shape index (κ3) is 9.49. The van der Waals surface area contributed by atoms with Crippen molar-refractivity contribution in [3.8, 4) is 5.75 Å². The maximum atomic E-state index is 11.6. The normalized spacial score (nSPS) is 10.5. The molecule has 0 fully saturated rings. The van der Waals surface area contributed by atoms with Gasteiger partial charge in [-0.1, -0.05) is 58.0 Å². The van der Waals surface area contributed by atoms with Crippen LogP contribution in [0.25, 0.3) is 0 Å². The van der Waals surface area contributed by atoms with Crippen molar-refractivity contribution in [2.75, 3.05) is 7.05 Å². The molecular formula is C13H15Cl5N2O4. The van der Waals surface area contributed by atoms with Crippen molar-refractivity contribution in [2.24, 2.45) is 0 Å². The monoisotopic (exact) mass is 438 g/mol. The number of halogens is 5. The molecule has 0 heterocycles. The third-order valence-corrected chi connectivity index (χ3v) is 3.35. The lowest BCUT2D eigenvalue weighted by atomic mass is 10.3. The van der Waals surface area contributed by atoms with Crippen LogP contribution in [0.4, 0.5) is 4.79 Å². The number of nitrogens with zero attached hydrogens (tertiary/aromatic N) is 1. The molecule has 136 valence electrons. The van der Waals surface area contributed by atoms with Crippen molar-refractivity contribution in [3.63, 3.8) is 0 Å². The molecule has 2 amide bonds. The summed E-state index contributed by atoms with van der Waals surface area (Å²) in [5.74, 6) is -1.08. The Balaban J connectivity index is 0.000000640. The lowest BCUT2D eigenvalue weighted by Crippen LogP contribution is -2.42. The summed E-state index contributed by atoms with van der Waals surface area (Å²) in [6, 6.07) is 4.45. The number of carboxylic acids is 1. The number of amides is 2. The highest BCUT2D eigenvalue weighted by Crippen LogP contribution is 2.25. The number of alkyl halides is 3. The van der Waals surface area contributed by atoms with Gasteiger partial charge < -0.3 is 14.8 Å². The van der Waals surface area contributed by atoms with Gasteiger partial charge in [0.15, 0.2) is 5.75 Å². The van der Waals surface area contributed by atoms with E-state index in [0.717, 1.165) is 0 Å². The predicted molar refractivity (Wildman–Crippen MR) is 96.4 cm³/mol. The third-order valence-electron chi connectivity index (χ3n) is 2.43. The summed E-state index contributed by atoms with van der Waals surface area (Å²) < 4.78 is -2.17. The van der Waals surface area contributed by atoms with Gasteiger partial charge >= 0.3 is 12.0 Å². The number of carbonyl (C=O) groups excluding carboxylic acids is 1. The molecule has 1 aromatic rings. The Morgan fingerprint density at radius 3 is 1.92 bits per heavy atom. The molecule has 0 spiro atoms. The van der Waals surface area contributed by atoms with Crippen LogP contribution < -0.4 is 10.3 Å². The molecule has 0 bridgehead atoms. The maximum absolute atomic E-state index is 11.6. The maximum Gasteiger partial charge on any atom is 0.356 e. The van der Waals surface area contributed by atoms with Gasteiger partial charge in [-0.2, -0.15) is 5.48 Å². The highest BCUT2D eigenvalue weighted by molar-refractivity contribution is 6.75. The Bertz CT molecular complexity index is 558. The van der Waals surface area contributed by atoms with Gasteiger partial charge in [-0.15, -0.1) is 0 Å². The quantitative estimate of drug-likeness (QED) is 0.524.